The minimum absolute atomic E-state index is 0.315. The summed E-state index contributed by atoms with van der Waals surface area (Å²) in [5.74, 6) is 0.525. The number of rotatable bonds is 6. The molecule has 3 heterocycles. The van der Waals surface area contributed by atoms with Gasteiger partial charge in [-0.3, -0.25) is 4.90 Å². The van der Waals surface area contributed by atoms with E-state index in [9.17, 15) is 9.59 Å². The minimum atomic E-state index is -0.549. The number of carbonyl (C=O) groups excluding carboxylic acids is 2. The second kappa shape index (κ2) is 9.82. The number of carbonyl (C=O) groups is 2. The van der Waals surface area contributed by atoms with Crippen molar-refractivity contribution in [1.29, 1.82) is 0 Å². The molecule has 1 aromatic carbocycles. The SMILES string of the molecule is CCc1ccc(C2NC(=O)NC(CN3CCN(c4ccccn4)CC3)=C2C(=O)OC)cc1. The maximum atomic E-state index is 12.8. The number of nitrogens with zero attached hydrogens (tertiary/aromatic N) is 3. The molecule has 1 atom stereocenters. The molecule has 0 saturated carbocycles. The molecular formula is C24H29N5O3. The summed E-state index contributed by atoms with van der Waals surface area (Å²) >= 11 is 0. The first-order valence-electron chi connectivity index (χ1n) is 10.9. The molecule has 2 aliphatic rings. The van der Waals surface area contributed by atoms with E-state index in [2.05, 4.69) is 32.3 Å². The van der Waals surface area contributed by atoms with E-state index in [1.165, 1.54) is 12.7 Å². The summed E-state index contributed by atoms with van der Waals surface area (Å²) in [4.78, 5) is 34.1. The van der Waals surface area contributed by atoms with Crippen LogP contribution in [-0.2, 0) is 16.0 Å². The standard InChI is InChI=1S/C24H29N5O3/c1-3-17-7-9-18(10-8-17)22-21(23(30)32-2)19(26-24(31)27-22)16-28-12-14-29(15-13-28)20-6-4-5-11-25-20/h4-11,22H,3,12-16H2,1-2H3,(H2,26,27,31). The van der Waals surface area contributed by atoms with Gasteiger partial charge in [-0.05, 0) is 29.7 Å². The van der Waals surface area contributed by atoms with Crippen LogP contribution >= 0.6 is 0 Å². The van der Waals surface area contributed by atoms with E-state index < -0.39 is 12.0 Å². The van der Waals surface area contributed by atoms with Gasteiger partial charge in [-0.1, -0.05) is 37.3 Å². The monoisotopic (exact) mass is 435 g/mol. The third-order valence-corrected chi connectivity index (χ3v) is 6.01. The third-order valence-electron chi connectivity index (χ3n) is 6.01. The topological polar surface area (TPSA) is 86.8 Å². The van der Waals surface area contributed by atoms with E-state index in [0.29, 0.717) is 17.8 Å². The fourth-order valence-electron chi connectivity index (χ4n) is 4.19. The van der Waals surface area contributed by atoms with E-state index in [1.54, 1.807) is 6.20 Å². The lowest BCUT2D eigenvalue weighted by molar-refractivity contribution is -0.136. The van der Waals surface area contributed by atoms with Crippen LogP contribution in [0.5, 0.6) is 0 Å². The molecule has 0 aliphatic carbocycles. The summed E-state index contributed by atoms with van der Waals surface area (Å²) in [7, 11) is 1.37. The molecule has 2 aliphatic heterocycles. The van der Waals surface area contributed by atoms with Crippen molar-refractivity contribution >= 4 is 17.8 Å². The summed E-state index contributed by atoms with van der Waals surface area (Å²) in [6, 6.07) is 13.0. The largest absolute Gasteiger partial charge is 0.466 e. The Bertz CT molecular complexity index is 982. The van der Waals surface area contributed by atoms with Crippen LogP contribution in [0.1, 0.15) is 24.1 Å². The van der Waals surface area contributed by atoms with Crippen LogP contribution in [-0.4, -0.2) is 61.7 Å². The fraction of sp³-hybridized carbons (Fsp3) is 0.375. The van der Waals surface area contributed by atoms with Gasteiger partial charge < -0.3 is 20.3 Å². The van der Waals surface area contributed by atoms with Gasteiger partial charge in [-0.25, -0.2) is 14.6 Å². The number of esters is 1. The lowest BCUT2D eigenvalue weighted by Gasteiger charge is -2.37. The molecule has 1 saturated heterocycles. The number of amides is 2. The van der Waals surface area contributed by atoms with Gasteiger partial charge in [0.05, 0.1) is 18.7 Å². The van der Waals surface area contributed by atoms with Crippen molar-refractivity contribution in [3.63, 3.8) is 0 Å². The van der Waals surface area contributed by atoms with E-state index in [4.69, 9.17) is 4.74 Å². The highest BCUT2D eigenvalue weighted by Gasteiger charge is 2.34. The lowest BCUT2D eigenvalue weighted by Crippen LogP contribution is -2.51. The number of piperazine rings is 1. The molecule has 2 N–H and O–H groups in total. The second-order valence-corrected chi connectivity index (χ2v) is 7.96. The number of nitrogens with one attached hydrogen (secondary N) is 2. The average molecular weight is 436 g/mol. The number of hydrogen-bond acceptors (Lipinski definition) is 6. The number of anilines is 1. The Kier molecular flexibility index (Phi) is 6.70. The van der Waals surface area contributed by atoms with Crippen molar-refractivity contribution in [3.05, 3.63) is 71.1 Å². The number of ether oxygens (including phenoxy) is 1. The van der Waals surface area contributed by atoms with Crippen LogP contribution in [0.2, 0.25) is 0 Å². The number of urea groups is 1. The van der Waals surface area contributed by atoms with Gasteiger partial charge in [0.1, 0.15) is 5.82 Å². The molecule has 8 heteroatoms. The Morgan fingerprint density at radius 2 is 1.88 bits per heavy atom. The average Bonchev–Trinajstić information content (AvgIpc) is 2.84. The number of pyridine rings is 1. The smallest absolute Gasteiger partial charge is 0.338 e. The fourth-order valence-corrected chi connectivity index (χ4v) is 4.19. The molecule has 2 aromatic rings. The first-order valence-corrected chi connectivity index (χ1v) is 10.9. The van der Waals surface area contributed by atoms with Gasteiger partial charge in [-0.2, -0.15) is 0 Å². The Balaban J connectivity index is 1.54. The number of aromatic nitrogens is 1. The summed E-state index contributed by atoms with van der Waals surface area (Å²) in [6.45, 7) is 5.81. The first kappa shape index (κ1) is 21.8. The van der Waals surface area contributed by atoms with Crippen LogP contribution in [0.3, 0.4) is 0 Å². The minimum Gasteiger partial charge on any atom is -0.466 e. The van der Waals surface area contributed by atoms with Crippen molar-refractivity contribution in [2.75, 3.05) is 44.7 Å². The van der Waals surface area contributed by atoms with Gasteiger partial charge in [0.15, 0.2) is 0 Å². The Hall–Kier alpha value is -3.39. The molecular weight excluding hydrogens is 406 g/mol. The summed E-state index contributed by atoms with van der Waals surface area (Å²) in [5, 5.41) is 5.74. The zero-order chi connectivity index (χ0) is 22.5. The van der Waals surface area contributed by atoms with Crippen LogP contribution in [0.4, 0.5) is 10.6 Å². The summed E-state index contributed by atoms with van der Waals surface area (Å²) in [6.07, 6.45) is 2.72. The quantitative estimate of drug-likeness (QED) is 0.677. The highest BCUT2D eigenvalue weighted by atomic mass is 16.5. The van der Waals surface area contributed by atoms with Gasteiger partial charge in [0.2, 0.25) is 0 Å². The molecule has 1 fully saturated rings. The molecule has 0 radical (unpaired) electrons. The van der Waals surface area contributed by atoms with Crippen molar-refractivity contribution in [1.82, 2.24) is 20.5 Å². The van der Waals surface area contributed by atoms with Crippen LogP contribution in [0.25, 0.3) is 0 Å². The molecule has 2 amide bonds. The van der Waals surface area contributed by atoms with Gasteiger partial charge in [-0.15, -0.1) is 0 Å². The van der Waals surface area contributed by atoms with Gasteiger partial charge in [0, 0.05) is 44.6 Å². The maximum absolute atomic E-state index is 12.8. The molecule has 1 aromatic heterocycles. The zero-order valence-corrected chi connectivity index (χ0v) is 18.5. The lowest BCUT2D eigenvalue weighted by atomic mass is 9.94. The third kappa shape index (κ3) is 4.75. The number of aryl methyl sites for hydroxylation is 1. The highest BCUT2D eigenvalue weighted by Crippen LogP contribution is 2.28. The van der Waals surface area contributed by atoms with Crippen LogP contribution in [0.15, 0.2) is 59.9 Å². The number of methoxy groups -OCH3 is 1. The predicted octanol–water partition coefficient (Wildman–Crippen LogP) is 2.25. The van der Waals surface area contributed by atoms with Gasteiger partial charge >= 0.3 is 12.0 Å². The summed E-state index contributed by atoms with van der Waals surface area (Å²) in [5.41, 5.74) is 3.10. The summed E-state index contributed by atoms with van der Waals surface area (Å²) < 4.78 is 5.09. The normalized spacial score (nSPS) is 19.4. The molecule has 4 rings (SSSR count). The predicted molar refractivity (Wildman–Crippen MR) is 122 cm³/mol. The second-order valence-electron chi connectivity index (χ2n) is 7.96. The number of benzene rings is 1. The van der Waals surface area contributed by atoms with Gasteiger partial charge in [0.25, 0.3) is 0 Å². The van der Waals surface area contributed by atoms with E-state index in [-0.39, 0.29) is 6.03 Å². The Morgan fingerprint density at radius 3 is 2.50 bits per heavy atom. The Morgan fingerprint density at radius 1 is 1.12 bits per heavy atom. The molecule has 168 valence electrons. The van der Waals surface area contributed by atoms with E-state index in [1.807, 2.05) is 42.5 Å². The van der Waals surface area contributed by atoms with Crippen LogP contribution in [0, 0.1) is 0 Å². The van der Waals surface area contributed by atoms with E-state index >= 15 is 0 Å². The van der Waals surface area contributed by atoms with E-state index in [0.717, 1.165) is 44.0 Å². The van der Waals surface area contributed by atoms with Crippen molar-refractivity contribution < 1.29 is 14.3 Å². The van der Waals surface area contributed by atoms with Crippen molar-refractivity contribution in [3.8, 4) is 0 Å². The van der Waals surface area contributed by atoms with Crippen LogP contribution < -0.4 is 15.5 Å². The molecule has 8 nitrogen and oxygen atoms in total. The Labute approximate surface area is 188 Å². The molecule has 1 unspecified atom stereocenters. The van der Waals surface area contributed by atoms with Crippen molar-refractivity contribution in [2.45, 2.75) is 19.4 Å². The number of hydrogen-bond donors (Lipinski definition) is 2. The molecule has 32 heavy (non-hydrogen) atoms. The highest BCUT2D eigenvalue weighted by molar-refractivity contribution is 5.95. The zero-order valence-electron chi connectivity index (χ0n) is 18.5. The molecule has 0 spiro atoms. The molecule has 0 bridgehead atoms. The first-order chi connectivity index (χ1) is 15.6. The maximum Gasteiger partial charge on any atom is 0.338 e. The van der Waals surface area contributed by atoms with Crippen molar-refractivity contribution in [2.24, 2.45) is 0 Å².